The SMILES string of the molecule is CNc1ccc(C(=O)NC(C)CCc2ccccc2)nn1. The van der Waals surface area contributed by atoms with Gasteiger partial charge in [0, 0.05) is 13.1 Å². The Bertz CT molecular complexity index is 569. The van der Waals surface area contributed by atoms with E-state index in [4.69, 9.17) is 0 Å². The number of aryl methyl sites for hydroxylation is 1. The predicted octanol–water partition coefficient (Wildman–Crippen LogP) is 2.27. The number of benzene rings is 1. The molecular formula is C16H20N4O. The number of rotatable bonds is 6. The van der Waals surface area contributed by atoms with Crippen LogP contribution in [0.4, 0.5) is 5.82 Å². The summed E-state index contributed by atoms with van der Waals surface area (Å²) in [6, 6.07) is 13.7. The molecule has 0 spiro atoms. The van der Waals surface area contributed by atoms with E-state index in [1.165, 1.54) is 5.56 Å². The van der Waals surface area contributed by atoms with Gasteiger partial charge in [-0.25, -0.2) is 0 Å². The first-order valence-corrected chi connectivity index (χ1v) is 7.05. The molecule has 1 aromatic carbocycles. The van der Waals surface area contributed by atoms with E-state index in [2.05, 4.69) is 33.0 Å². The quantitative estimate of drug-likeness (QED) is 0.854. The van der Waals surface area contributed by atoms with Gasteiger partial charge in [-0.15, -0.1) is 10.2 Å². The maximum absolute atomic E-state index is 12.0. The number of hydrogen-bond acceptors (Lipinski definition) is 4. The highest BCUT2D eigenvalue weighted by atomic mass is 16.2. The van der Waals surface area contributed by atoms with Crippen molar-refractivity contribution in [3.05, 3.63) is 53.7 Å². The molecular weight excluding hydrogens is 264 g/mol. The molecule has 2 rings (SSSR count). The van der Waals surface area contributed by atoms with Gasteiger partial charge in [0.2, 0.25) is 0 Å². The highest BCUT2D eigenvalue weighted by Gasteiger charge is 2.11. The predicted molar refractivity (Wildman–Crippen MR) is 83.3 cm³/mol. The van der Waals surface area contributed by atoms with E-state index in [-0.39, 0.29) is 11.9 Å². The van der Waals surface area contributed by atoms with Crippen molar-refractivity contribution in [3.8, 4) is 0 Å². The van der Waals surface area contributed by atoms with E-state index in [0.717, 1.165) is 12.8 Å². The lowest BCUT2D eigenvalue weighted by molar-refractivity contribution is 0.0932. The van der Waals surface area contributed by atoms with Crippen molar-refractivity contribution >= 4 is 11.7 Å². The van der Waals surface area contributed by atoms with Crippen LogP contribution in [0.2, 0.25) is 0 Å². The second-order valence-electron chi connectivity index (χ2n) is 4.95. The number of carbonyl (C=O) groups is 1. The van der Waals surface area contributed by atoms with Crippen LogP contribution in [0.25, 0.3) is 0 Å². The Morgan fingerprint density at radius 1 is 1.14 bits per heavy atom. The second-order valence-corrected chi connectivity index (χ2v) is 4.95. The van der Waals surface area contributed by atoms with Crippen molar-refractivity contribution in [2.24, 2.45) is 0 Å². The van der Waals surface area contributed by atoms with Crippen molar-refractivity contribution in [1.29, 1.82) is 0 Å². The summed E-state index contributed by atoms with van der Waals surface area (Å²) in [5.74, 6) is 0.453. The largest absolute Gasteiger partial charge is 0.372 e. The molecule has 0 bridgehead atoms. The summed E-state index contributed by atoms with van der Waals surface area (Å²) in [6.45, 7) is 2.00. The lowest BCUT2D eigenvalue weighted by Crippen LogP contribution is -2.33. The Kier molecular flexibility index (Phi) is 5.26. The van der Waals surface area contributed by atoms with Crippen molar-refractivity contribution < 1.29 is 4.79 Å². The topological polar surface area (TPSA) is 66.9 Å². The zero-order valence-corrected chi connectivity index (χ0v) is 12.3. The van der Waals surface area contributed by atoms with Crippen LogP contribution in [-0.2, 0) is 6.42 Å². The van der Waals surface area contributed by atoms with Gasteiger partial charge in [-0.3, -0.25) is 4.79 Å². The summed E-state index contributed by atoms with van der Waals surface area (Å²) in [6.07, 6.45) is 1.82. The number of anilines is 1. The Balaban J connectivity index is 1.83. The monoisotopic (exact) mass is 284 g/mol. The molecule has 1 aromatic heterocycles. The molecule has 0 aliphatic heterocycles. The van der Waals surface area contributed by atoms with Crippen LogP contribution in [0.1, 0.15) is 29.4 Å². The number of hydrogen-bond donors (Lipinski definition) is 2. The van der Waals surface area contributed by atoms with Gasteiger partial charge in [0.25, 0.3) is 5.91 Å². The Hall–Kier alpha value is -2.43. The molecule has 0 fully saturated rings. The molecule has 5 heteroatoms. The highest BCUT2D eigenvalue weighted by Crippen LogP contribution is 2.06. The van der Waals surface area contributed by atoms with Gasteiger partial charge < -0.3 is 10.6 Å². The minimum Gasteiger partial charge on any atom is -0.372 e. The molecule has 0 radical (unpaired) electrons. The molecule has 110 valence electrons. The van der Waals surface area contributed by atoms with Crippen LogP contribution in [0, 0.1) is 0 Å². The average molecular weight is 284 g/mol. The molecule has 0 saturated carbocycles. The van der Waals surface area contributed by atoms with Crippen molar-refractivity contribution in [3.63, 3.8) is 0 Å². The normalized spacial score (nSPS) is 11.7. The fourth-order valence-corrected chi connectivity index (χ4v) is 1.98. The van der Waals surface area contributed by atoms with Crippen molar-refractivity contribution in [2.75, 3.05) is 12.4 Å². The van der Waals surface area contributed by atoms with E-state index in [1.807, 2.05) is 25.1 Å². The molecule has 5 nitrogen and oxygen atoms in total. The Morgan fingerprint density at radius 2 is 1.90 bits per heavy atom. The summed E-state index contributed by atoms with van der Waals surface area (Å²) in [5, 5.41) is 13.6. The zero-order valence-electron chi connectivity index (χ0n) is 12.3. The van der Waals surface area contributed by atoms with E-state index in [1.54, 1.807) is 19.2 Å². The third kappa shape index (κ3) is 4.56. The summed E-state index contributed by atoms with van der Waals surface area (Å²) >= 11 is 0. The number of nitrogens with one attached hydrogen (secondary N) is 2. The van der Waals surface area contributed by atoms with Crippen molar-refractivity contribution in [1.82, 2.24) is 15.5 Å². The summed E-state index contributed by atoms with van der Waals surface area (Å²) in [7, 11) is 1.76. The van der Waals surface area contributed by atoms with Gasteiger partial charge in [-0.2, -0.15) is 0 Å². The first kappa shape index (κ1) is 15.0. The minimum atomic E-state index is -0.189. The summed E-state index contributed by atoms with van der Waals surface area (Å²) in [5.41, 5.74) is 1.61. The molecule has 2 aromatic rings. The molecule has 0 aliphatic carbocycles. The van der Waals surface area contributed by atoms with Crippen LogP contribution in [0.5, 0.6) is 0 Å². The maximum atomic E-state index is 12.0. The third-order valence-electron chi connectivity index (χ3n) is 3.24. The van der Waals surface area contributed by atoms with E-state index in [9.17, 15) is 4.79 Å². The molecule has 1 unspecified atom stereocenters. The smallest absolute Gasteiger partial charge is 0.272 e. The van der Waals surface area contributed by atoms with Crippen LogP contribution in [0.15, 0.2) is 42.5 Å². The molecule has 21 heavy (non-hydrogen) atoms. The fraction of sp³-hybridized carbons (Fsp3) is 0.312. The zero-order chi connectivity index (χ0) is 15.1. The van der Waals surface area contributed by atoms with E-state index >= 15 is 0 Å². The number of nitrogens with zero attached hydrogens (tertiary/aromatic N) is 2. The van der Waals surface area contributed by atoms with Crippen LogP contribution in [-0.4, -0.2) is 29.2 Å². The van der Waals surface area contributed by atoms with Crippen LogP contribution >= 0.6 is 0 Å². The average Bonchev–Trinajstić information content (AvgIpc) is 2.54. The number of carbonyl (C=O) groups excluding carboxylic acids is 1. The van der Waals surface area contributed by atoms with Gasteiger partial charge in [-0.05, 0) is 37.5 Å². The van der Waals surface area contributed by atoms with Gasteiger partial charge in [0.05, 0.1) is 0 Å². The first-order valence-electron chi connectivity index (χ1n) is 7.05. The highest BCUT2D eigenvalue weighted by molar-refractivity contribution is 5.92. The Labute approximate surface area is 124 Å². The molecule has 1 amide bonds. The van der Waals surface area contributed by atoms with E-state index < -0.39 is 0 Å². The second kappa shape index (κ2) is 7.38. The molecule has 0 saturated heterocycles. The lowest BCUT2D eigenvalue weighted by Gasteiger charge is -2.13. The standard InChI is InChI=1S/C16H20N4O/c1-12(8-9-13-6-4-3-5-7-13)18-16(21)14-10-11-15(17-2)20-19-14/h3-7,10-12H,8-9H2,1-2H3,(H,17,20)(H,18,21). The summed E-state index contributed by atoms with van der Waals surface area (Å²) < 4.78 is 0. The number of aromatic nitrogens is 2. The Morgan fingerprint density at radius 3 is 2.52 bits per heavy atom. The maximum Gasteiger partial charge on any atom is 0.272 e. The van der Waals surface area contributed by atoms with E-state index in [0.29, 0.717) is 11.5 Å². The molecule has 2 N–H and O–H groups in total. The summed E-state index contributed by atoms with van der Waals surface area (Å²) in [4.78, 5) is 12.0. The van der Waals surface area contributed by atoms with Gasteiger partial charge in [0.15, 0.2) is 5.69 Å². The molecule has 0 aliphatic rings. The minimum absolute atomic E-state index is 0.0866. The van der Waals surface area contributed by atoms with Crippen LogP contribution in [0.3, 0.4) is 0 Å². The van der Waals surface area contributed by atoms with Crippen LogP contribution < -0.4 is 10.6 Å². The van der Waals surface area contributed by atoms with Gasteiger partial charge in [-0.1, -0.05) is 30.3 Å². The van der Waals surface area contributed by atoms with Crippen molar-refractivity contribution in [2.45, 2.75) is 25.8 Å². The fourth-order valence-electron chi connectivity index (χ4n) is 1.98. The number of amides is 1. The first-order chi connectivity index (χ1) is 10.2. The molecule has 1 atom stereocenters. The van der Waals surface area contributed by atoms with Gasteiger partial charge in [0.1, 0.15) is 5.82 Å². The lowest BCUT2D eigenvalue weighted by atomic mass is 10.1. The molecule has 1 heterocycles. The third-order valence-corrected chi connectivity index (χ3v) is 3.24. The van der Waals surface area contributed by atoms with Gasteiger partial charge >= 0.3 is 0 Å².